The van der Waals surface area contributed by atoms with E-state index in [1.54, 1.807) is 4.57 Å². The quantitative estimate of drug-likeness (QED) is 0.0714. The summed E-state index contributed by atoms with van der Waals surface area (Å²) in [6, 6.07) is 5.55. The van der Waals surface area contributed by atoms with E-state index in [9.17, 15) is 14.3 Å². The molecule has 232 valence electrons. The molecule has 1 amide bonds. The van der Waals surface area contributed by atoms with Crippen LogP contribution in [0.15, 0.2) is 30.6 Å². The number of carbonyl (C=O) groups is 1. The second kappa shape index (κ2) is 25.2. The first-order valence-corrected chi connectivity index (χ1v) is 16.9. The summed E-state index contributed by atoms with van der Waals surface area (Å²) in [6.45, 7) is 2.71. The van der Waals surface area contributed by atoms with Crippen molar-refractivity contribution in [2.24, 2.45) is 0 Å². The number of amides is 1. The number of hydrogen-bond donors (Lipinski definition) is 1. The fourth-order valence-electron chi connectivity index (χ4n) is 4.32. The van der Waals surface area contributed by atoms with Gasteiger partial charge in [-0.25, -0.2) is 9.36 Å². The van der Waals surface area contributed by atoms with Crippen LogP contribution in [0.4, 0.5) is 4.79 Å². The molecule has 1 heterocycles. The average Bonchev–Trinajstić information content (AvgIpc) is 2.95. The van der Waals surface area contributed by atoms with Crippen molar-refractivity contribution < 1.29 is 37.3 Å². The Bertz CT molecular complexity index is 770. The molecule has 2 unspecified atom stereocenters. The third-order valence-corrected chi connectivity index (χ3v) is 7.79. The van der Waals surface area contributed by atoms with Crippen LogP contribution >= 0.6 is 7.82 Å². The van der Waals surface area contributed by atoms with Crippen molar-refractivity contribution in [1.82, 2.24) is 5.32 Å². The topological polar surface area (TPSA) is 110 Å². The molecular weight excluding hydrogens is 531 g/mol. The van der Waals surface area contributed by atoms with Crippen LogP contribution in [0.5, 0.6) is 0 Å². The van der Waals surface area contributed by atoms with Crippen molar-refractivity contribution in [2.75, 3.05) is 33.5 Å². The molecule has 1 N–H and O–H groups in total. The maximum atomic E-state index is 12.0. The Labute approximate surface area is 242 Å². The number of ether oxygens (including phenoxy) is 2. The number of alkyl carbamates (subject to hydrolysis) is 1. The smallest absolute Gasteiger partial charge is 0.407 e. The van der Waals surface area contributed by atoms with Crippen LogP contribution in [0.1, 0.15) is 110 Å². The lowest BCUT2D eigenvalue weighted by Crippen LogP contribution is -2.35. The lowest BCUT2D eigenvalue weighted by atomic mass is 10.0. The lowest BCUT2D eigenvalue weighted by Gasteiger charge is -2.24. The van der Waals surface area contributed by atoms with Gasteiger partial charge in [0, 0.05) is 25.8 Å². The maximum Gasteiger partial charge on any atom is 0.407 e. The average molecular weight is 587 g/mol. The van der Waals surface area contributed by atoms with Crippen molar-refractivity contribution >= 4 is 13.9 Å². The van der Waals surface area contributed by atoms with Crippen molar-refractivity contribution in [1.29, 1.82) is 0 Å². The molecule has 0 aromatic carbocycles. The lowest BCUT2D eigenvalue weighted by molar-refractivity contribution is -0.697. The standard InChI is InChI=1S/C30H55N2O7P/c1-3-4-5-6-7-8-9-10-11-12-13-14-15-16-17-19-22-31-30(33)37-27-29(36-2)28-39-40(34,35)38-26-25-32-23-20-18-21-24-32/h18,20-21,23-24,29H,3-17,19,22,25-28H2,1-2H3,(H-,31,33,34,35). The highest BCUT2D eigenvalue weighted by Crippen LogP contribution is 2.38. The van der Waals surface area contributed by atoms with Crippen LogP contribution in [-0.2, 0) is 29.6 Å². The van der Waals surface area contributed by atoms with Gasteiger partial charge < -0.3 is 28.7 Å². The summed E-state index contributed by atoms with van der Waals surface area (Å²) in [5.74, 6) is 0. The third-order valence-electron chi connectivity index (χ3n) is 6.83. The van der Waals surface area contributed by atoms with Gasteiger partial charge in [0.2, 0.25) is 0 Å². The molecule has 1 rings (SSSR count). The number of aromatic nitrogens is 1. The molecular formula is C30H55N2O7P. The van der Waals surface area contributed by atoms with E-state index in [-0.39, 0.29) is 19.8 Å². The summed E-state index contributed by atoms with van der Waals surface area (Å²) < 4.78 is 33.8. The van der Waals surface area contributed by atoms with Gasteiger partial charge in [0.25, 0.3) is 7.82 Å². The molecule has 1 aromatic heterocycles. The number of rotatable bonds is 27. The first kappa shape index (κ1) is 36.5. The van der Waals surface area contributed by atoms with Gasteiger partial charge in [-0.15, -0.1) is 0 Å². The monoisotopic (exact) mass is 586 g/mol. The molecule has 0 aliphatic carbocycles. The van der Waals surface area contributed by atoms with E-state index in [2.05, 4.69) is 12.2 Å². The molecule has 0 saturated carbocycles. The molecule has 0 spiro atoms. The van der Waals surface area contributed by atoms with Crippen LogP contribution in [0.25, 0.3) is 0 Å². The first-order valence-electron chi connectivity index (χ1n) is 15.4. The summed E-state index contributed by atoms with van der Waals surface area (Å²) >= 11 is 0. The number of hydrogen-bond acceptors (Lipinski definition) is 7. The molecule has 9 nitrogen and oxygen atoms in total. The molecule has 0 bridgehead atoms. The zero-order chi connectivity index (χ0) is 29.2. The van der Waals surface area contributed by atoms with Crippen molar-refractivity contribution in [2.45, 2.75) is 122 Å². The normalized spacial score (nSPS) is 13.6. The van der Waals surface area contributed by atoms with E-state index < -0.39 is 20.0 Å². The number of pyridine rings is 1. The van der Waals surface area contributed by atoms with Crippen LogP contribution in [0, 0.1) is 0 Å². The van der Waals surface area contributed by atoms with E-state index >= 15 is 0 Å². The minimum absolute atomic E-state index is 0.0502. The van der Waals surface area contributed by atoms with Crippen LogP contribution < -0.4 is 14.8 Å². The predicted octanol–water partition coefficient (Wildman–Crippen LogP) is 6.48. The van der Waals surface area contributed by atoms with Gasteiger partial charge in [-0.1, -0.05) is 109 Å². The van der Waals surface area contributed by atoms with Gasteiger partial charge in [0.05, 0.1) is 6.61 Å². The van der Waals surface area contributed by atoms with Crippen molar-refractivity contribution in [3.05, 3.63) is 30.6 Å². The second-order valence-corrected chi connectivity index (χ2v) is 11.8. The molecule has 2 atom stereocenters. The highest BCUT2D eigenvalue weighted by molar-refractivity contribution is 7.45. The molecule has 1 aromatic rings. The minimum Gasteiger partial charge on any atom is -0.756 e. The van der Waals surface area contributed by atoms with E-state index in [1.807, 2.05) is 30.6 Å². The summed E-state index contributed by atoms with van der Waals surface area (Å²) in [7, 11) is -3.09. The van der Waals surface area contributed by atoms with Gasteiger partial charge in [-0.2, -0.15) is 0 Å². The number of carbonyl (C=O) groups excluding carboxylic acids is 1. The van der Waals surface area contributed by atoms with Gasteiger partial charge in [-0.3, -0.25) is 4.57 Å². The molecule has 0 radical (unpaired) electrons. The van der Waals surface area contributed by atoms with Crippen LogP contribution in [0.3, 0.4) is 0 Å². The number of nitrogens with one attached hydrogen (secondary N) is 1. The SMILES string of the molecule is CCCCCCCCCCCCCCCCCCNC(=O)OCC(COP(=O)([O-])OCC[n+]1ccccc1)OC. The fourth-order valence-corrected chi connectivity index (χ4v) is 5.05. The van der Waals surface area contributed by atoms with E-state index in [1.165, 1.54) is 97.0 Å². The van der Waals surface area contributed by atoms with Crippen LogP contribution in [0.2, 0.25) is 0 Å². The van der Waals surface area contributed by atoms with E-state index in [0.717, 1.165) is 12.8 Å². The second-order valence-electron chi connectivity index (χ2n) is 10.4. The largest absolute Gasteiger partial charge is 0.756 e. The Balaban J connectivity index is 1.93. The van der Waals surface area contributed by atoms with Gasteiger partial charge in [0.15, 0.2) is 18.9 Å². The summed E-state index contributed by atoms with van der Waals surface area (Å²) in [5, 5.41) is 2.73. The number of phosphoric ester groups is 1. The molecule has 0 aliphatic heterocycles. The molecule has 10 heteroatoms. The van der Waals surface area contributed by atoms with Crippen molar-refractivity contribution in [3.8, 4) is 0 Å². The van der Waals surface area contributed by atoms with Gasteiger partial charge in [0.1, 0.15) is 19.3 Å². The van der Waals surface area contributed by atoms with Crippen molar-refractivity contribution in [3.63, 3.8) is 0 Å². The van der Waals surface area contributed by atoms with E-state index in [4.69, 9.17) is 18.5 Å². The Kier molecular flexibility index (Phi) is 23.0. The summed E-state index contributed by atoms with van der Waals surface area (Å²) in [4.78, 5) is 23.9. The highest BCUT2D eigenvalue weighted by atomic mass is 31.2. The Morgan fingerprint density at radius 3 is 1.85 bits per heavy atom. The summed E-state index contributed by atoms with van der Waals surface area (Å²) in [5.41, 5.74) is 0. The molecule has 40 heavy (non-hydrogen) atoms. The minimum atomic E-state index is -4.49. The number of nitrogens with zero attached hydrogens (tertiary/aromatic N) is 1. The number of phosphoric acid groups is 1. The number of unbranched alkanes of at least 4 members (excludes halogenated alkanes) is 15. The Morgan fingerprint density at radius 2 is 1.32 bits per heavy atom. The van der Waals surface area contributed by atoms with Gasteiger partial charge in [-0.05, 0) is 6.42 Å². The zero-order valence-corrected chi connectivity index (χ0v) is 26.0. The van der Waals surface area contributed by atoms with Gasteiger partial charge >= 0.3 is 6.09 Å². The van der Waals surface area contributed by atoms with E-state index in [0.29, 0.717) is 13.1 Å². The maximum absolute atomic E-state index is 12.0. The third kappa shape index (κ3) is 22.2. The first-order chi connectivity index (χ1) is 19.5. The Morgan fingerprint density at radius 1 is 0.800 bits per heavy atom. The Hall–Kier alpha value is -1.51. The zero-order valence-electron chi connectivity index (χ0n) is 25.1. The molecule has 0 fully saturated rings. The van der Waals surface area contributed by atoms with Crippen LogP contribution in [-0.4, -0.2) is 45.7 Å². The summed E-state index contributed by atoms with van der Waals surface area (Å²) in [6.07, 6.45) is 23.2. The number of methoxy groups -OCH3 is 1. The molecule has 0 saturated heterocycles. The highest BCUT2D eigenvalue weighted by Gasteiger charge is 2.17. The fraction of sp³-hybridized carbons (Fsp3) is 0.800. The molecule has 0 aliphatic rings. The predicted molar refractivity (Wildman–Crippen MR) is 156 cm³/mol.